The fourth-order valence-electron chi connectivity index (χ4n) is 5.04. The summed E-state index contributed by atoms with van der Waals surface area (Å²) in [7, 11) is 0. The number of benzene rings is 1. The molecule has 0 bridgehead atoms. The van der Waals surface area contributed by atoms with Crippen molar-refractivity contribution in [3.63, 3.8) is 0 Å². The molecular weight excluding hydrogens is 504 g/mol. The summed E-state index contributed by atoms with van der Waals surface area (Å²) in [4.78, 5) is 18.7. The maximum Gasteiger partial charge on any atom is 0.254 e. The summed E-state index contributed by atoms with van der Waals surface area (Å²) in [6.07, 6.45) is 1.33. The van der Waals surface area contributed by atoms with Gasteiger partial charge in [-0.25, -0.2) is 14.6 Å². The van der Waals surface area contributed by atoms with Crippen molar-refractivity contribution in [2.24, 2.45) is 0 Å². The molecule has 0 aliphatic carbocycles. The van der Waals surface area contributed by atoms with E-state index in [1.807, 2.05) is 36.4 Å². The first-order valence-electron chi connectivity index (χ1n) is 12.7. The van der Waals surface area contributed by atoms with Crippen LogP contribution in [0.15, 0.2) is 55.1 Å². The van der Waals surface area contributed by atoms with Gasteiger partial charge in [-0.2, -0.15) is 15.1 Å². The molecule has 4 aromatic heterocycles. The maximum absolute atomic E-state index is 10.6. The molecule has 4 N–H and O–H groups in total. The quantitative estimate of drug-likeness (QED) is 0.248. The van der Waals surface area contributed by atoms with Crippen molar-refractivity contribution in [2.45, 2.75) is 37.0 Å². The molecule has 2 saturated heterocycles. The molecule has 2 aliphatic rings. The zero-order valence-electron chi connectivity index (χ0n) is 20.7. The second-order valence-corrected chi connectivity index (χ2v) is 9.69. The smallest absolute Gasteiger partial charge is 0.254 e. The molecule has 0 spiro atoms. The number of hydrogen-bond acceptors (Lipinski definition) is 11. The Morgan fingerprint density at radius 1 is 1.05 bits per heavy atom. The number of rotatable bonds is 6. The van der Waals surface area contributed by atoms with Gasteiger partial charge in [-0.05, 0) is 18.6 Å². The largest absolute Gasteiger partial charge is 0.394 e. The number of imidazole rings is 1. The lowest BCUT2D eigenvalue weighted by Crippen LogP contribution is -2.33. The van der Waals surface area contributed by atoms with Crippen LogP contribution in [0.4, 0.5) is 5.82 Å². The van der Waals surface area contributed by atoms with E-state index in [-0.39, 0.29) is 12.0 Å². The first-order chi connectivity index (χ1) is 19.1. The number of hydrogen-bond donors (Lipinski definition) is 4. The molecule has 5 aromatic rings. The number of aliphatic hydroxyl groups is 3. The summed E-state index contributed by atoms with van der Waals surface area (Å²) >= 11 is 0. The molecule has 2 fully saturated rings. The minimum atomic E-state index is -1.28. The molecule has 39 heavy (non-hydrogen) atoms. The van der Waals surface area contributed by atoms with Gasteiger partial charge in [0.15, 0.2) is 23.2 Å². The summed E-state index contributed by atoms with van der Waals surface area (Å²) < 4.78 is 14.3. The number of aromatic nitrogens is 7. The van der Waals surface area contributed by atoms with E-state index in [0.717, 1.165) is 28.6 Å². The van der Waals surface area contributed by atoms with Crippen molar-refractivity contribution in [3.8, 4) is 17.2 Å². The van der Waals surface area contributed by atoms with E-state index in [2.05, 4.69) is 15.4 Å². The summed E-state index contributed by atoms with van der Waals surface area (Å²) in [6.45, 7) is 0.752. The number of fused-ring (bicyclic) bond motifs is 2. The standard InChI is InChI=1S/C26H26N8O5/c35-11-19-21(36)22(37)25(39-19)33-13-27-20-23(29-16-7-8-38-12-16)31-26(32-24(20)33)34-10-15(9-28-34)18-6-5-14-3-1-2-4-17(14)30-18/h1-6,9-10,13,16,19,21-22,25,35-37H,7-8,11-12H2,(H,29,31,32)/t16?,19-,21-,22-,25-/m1/s1. The first-order valence-corrected chi connectivity index (χ1v) is 12.7. The van der Waals surface area contributed by atoms with Gasteiger partial charge >= 0.3 is 0 Å². The highest BCUT2D eigenvalue weighted by Crippen LogP contribution is 2.33. The third-order valence-electron chi connectivity index (χ3n) is 7.15. The van der Waals surface area contributed by atoms with Gasteiger partial charge in [0.05, 0.1) is 43.0 Å². The molecule has 1 aromatic carbocycles. The van der Waals surface area contributed by atoms with E-state index in [1.165, 1.54) is 10.9 Å². The minimum Gasteiger partial charge on any atom is -0.394 e. The van der Waals surface area contributed by atoms with E-state index >= 15 is 0 Å². The lowest BCUT2D eigenvalue weighted by atomic mass is 10.1. The molecule has 5 atom stereocenters. The average Bonchev–Trinajstić information content (AvgIpc) is 3.77. The lowest BCUT2D eigenvalue weighted by molar-refractivity contribution is -0.0511. The number of anilines is 1. The third-order valence-corrected chi connectivity index (χ3v) is 7.15. The predicted octanol–water partition coefficient (Wildman–Crippen LogP) is 1.04. The van der Waals surface area contributed by atoms with Gasteiger partial charge in [-0.3, -0.25) is 4.57 Å². The van der Waals surface area contributed by atoms with Crippen LogP contribution in [-0.4, -0.2) is 93.8 Å². The number of aliphatic hydroxyl groups excluding tert-OH is 3. The van der Waals surface area contributed by atoms with Crippen LogP contribution in [0.5, 0.6) is 0 Å². The molecule has 200 valence electrons. The van der Waals surface area contributed by atoms with Crippen LogP contribution in [0, 0.1) is 0 Å². The van der Waals surface area contributed by atoms with Gasteiger partial charge in [-0.15, -0.1) is 0 Å². The zero-order chi connectivity index (χ0) is 26.5. The van der Waals surface area contributed by atoms with Crippen molar-refractivity contribution < 1.29 is 24.8 Å². The minimum absolute atomic E-state index is 0.0463. The van der Waals surface area contributed by atoms with Crippen LogP contribution < -0.4 is 5.32 Å². The second kappa shape index (κ2) is 9.63. The highest BCUT2D eigenvalue weighted by Gasteiger charge is 2.44. The molecule has 2 aliphatic heterocycles. The van der Waals surface area contributed by atoms with E-state index in [4.69, 9.17) is 24.4 Å². The van der Waals surface area contributed by atoms with Crippen molar-refractivity contribution in [1.82, 2.24) is 34.3 Å². The number of pyridine rings is 1. The van der Waals surface area contributed by atoms with Crippen LogP contribution in [0.3, 0.4) is 0 Å². The monoisotopic (exact) mass is 530 g/mol. The fraction of sp³-hybridized carbons (Fsp3) is 0.346. The molecule has 1 unspecified atom stereocenters. The highest BCUT2D eigenvalue weighted by atomic mass is 16.6. The SMILES string of the molecule is OC[C@H]1O[C@@H](n2cnc3c(NC4CCOC4)nc(-n4cc(-c5ccc6ccccc6n5)cn4)nc32)[C@H](O)[C@@H]1O. The molecule has 13 nitrogen and oxygen atoms in total. The molecule has 13 heteroatoms. The highest BCUT2D eigenvalue weighted by molar-refractivity contribution is 5.84. The number of ether oxygens (including phenoxy) is 2. The van der Waals surface area contributed by atoms with Crippen LogP contribution in [0.1, 0.15) is 12.6 Å². The van der Waals surface area contributed by atoms with E-state index in [1.54, 1.807) is 17.1 Å². The van der Waals surface area contributed by atoms with Crippen molar-refractivity contribution in [3.05, 3.63) is 55.1 Å². The molecule has 0 saturated carbocycles. The Kier molecular flexibility index (Phi) is 5.94. The van der Waals surface area contributed by atoms with E-state index in [9.17, 15) is 15.3 Å². The molecule has 6 heterocycles. The van der Waals surface area contributed by atoms with Gasteiger partial charge in [0.2, 0.25) is 0 Å². The van der Waals surface area contributed by atoms with Gasteiger partial charge in [0, 0.05) is 23.8 Å². The summed E-state index contributed by atoms with van der Waals surface area (Å²) in [6, 6.07) is 11.9. The second-order valence-electron chi connectivity index (χ2n) is 9.69. The maximum atomic E-state index is 10.6. The Bertz CT molecular complexity index is 1650. The lowest BCUT2D eigenvalue weighted by Gasteiger charge is -2.17. The van der Waals surface area contributed by atoms with Gasteiger partial charge < -0.3 is 30.1 Å². The number of para-hydroxylation sites is 1. The number of nitrogens with zero attached hydrogens (tertiary/aromatic N) is 7. The summed E-state index contributed by atoms with van der Waals surface area (Å²) in [5.41, 5.74) is 3.27. The van der Waals surface area contributed by atoms with Crippen molar-refractivity contribution in [1.29, 1.82) is 0 Å². The third kappa shape index (κ3) is 4.20. The summed E-state index contributed by atoms with van der Waals surface area (Å²) in [5, 5.41) is 39.4. The zero-order valence-corrected chi connectivity index (χ0v) is 20.7. The Labute approximate surface area is 221 Å². The fourth-order valence-corrected chi connectivity index (χ4v) is 5.04. The van der Waals surface area contributed by atoms with Gasteiger partial charge in [0.1, 0.15) is 18.3 Å². The molecule has 7 rings (SSSR count). The number of nitrogens with one attached hydrogen (secondary N) is 1. The normalized spacial score (nSPS) is 25.2. The first kappa shape index (κ1) is 24.1. The topological polar surface area (TPSA) is 165 Å². The Morgan fingerprint density at radius 3 is 2.77 bits per heavy atom. The van der Waals surface area contributed by atoms with Crippen molar-refractivity contribution >= 4 is 27.9 Å². The van der Waals surface area contributed by atoms with Crippen molar-refractivity contribution in [2.75, 3.05) is 25.1 Å². The van der Waals surface area contributed by atoms with Gasteiger partial charge in [0.25, 0.3) is 5.95 Å². The van der Waals surface area contributed by atoms with Gasteiger partial charge in [-0.1, -0.05) is 24.3 Å². The Morgan fingerprint density at radius 2 is 1.95 bits per heavy atom. The molecular formula is C26H26N8O5. The van der Waals surface area contributed by atoms with E-state index in [0.29, 0.717) is 30.2 Å². The van der Waals surface area contributed by atoms with Crippen LogP contribution in [0.25, 0.3) is 39.3 Å². The van der Waals surface area contributed by atoms with Crippen LogP contribution >= 0.6 is 0 Å². The predicted molar refractivity (Wildman–Crippen MR) is 139 cm³/mol. The molecule has 0 amide bonds. The average molecular weight is 531 g/mol. The Hall–Kier alpha value is -4.01. The Balaban J connectivity index is 1.30. The summed E-state index contributed by atoms with van der Waals surface area (Å²) in [5.74, 6) is 0.751. The molecule has 0 radical (unpaired) electrons. The van der Waals surface area contributed by atoms with Crippen LogP contribution in [0.2, 0.25) is 0 Å². The van der Waals surface area contributed by atoms with E-state index < -0.39 is 31.1 Å². The van der Waals surface area contributed by atoms with Crippen LogP contribution in [-0.2, 0) is 9.47 Å².